The van der Waals surface area contributed by atoms with Crippen LogP contribution in [-0.4, -0.2) is 24.3 Å². The van der Waals surface area contributed by atoms with E-state index in [0.29, 0.717) is 29.2 Å². The number of benzene rings is 1. The second-order valence-electron chi connectivity index (χ2n) is 7.29. The third-order valence-corrected chi connectivity index (χ3v) is 6.37. The fraction of sp³-hybridized carbons (Fsp3) is 0.364. The molecule has 1 atom stereocenters. The molecule has 4 rings (SSSR count). The predicted octanol–water partition coefficient (Wildman–Crippen LogP) is 4.68. The van der Waals surface area contributed by atoms with Gasteiger partial charge in [0.15, 0.2) is 5.78 Å². The minimum atomic E-state index is -0.327. The highest BCUT2D eigenvalue weighted by atomic mass is 32.1. The van der Waals surface area contributed by atoms with Crippen molar-refractivity contribution in [2.24, 2.45) is 0 Å². The third kappa shape index (κ3) is 3.87. The van der Waals surface area contributed by atoms with E-state index < -0.39 is 0 Å². The van der Waals surface area contributed by atoms with Crippen LogP contribution in [0.5, 0.6) is 5.75 Å². The number of carbonyl (C=O) groups is 2. The number of ketones is 1. The summed E-state index contributed by atoms with van der Waals surface area (Å²) in [6.07, 6.45) is 6.31. The molecule has 0 saturated carbocycles. The summed E-state index contributed by atoms with van der Waals surface area (Å²) in [5.74, 6) is 0.277. The molecular weight excluding hydrogens is 377 g/mol. The van der Waals surface area contributed by atoms with E-state index in [0.717, 1.165) is 41.7 Å². The molecule has 1 N–H and O–H groups in total. The summed E-state index contributed by atoms with van der Waals surface area (Å²) in [6, 6.07) is 6.51. The Kier molecular flexibility index (Phi) is 5.31. The highest BCUT2D eigenvalue weighted by Gasteiger charge is 2.28. The highest BCUT2D eigenvalue weighted by Crippen LogP contribution is 2.42. The Morgan fingerprint density at radius 1 is 1.29 bits per heavy atom. The van der Waals surface area contributed by atoms with Gasteiger partial charge in [0.25, 0.3) is 0 Å². The van der Waals surface area contributed by atoms with Gasteiger partial charge in [0, 0.05) is 28.0 Å². The zero-order valence-electron chi connectivity index (χ0n) is 15.7. The van der Waals surface area contributed by atoms with E-state index in [1.807, 2.05) is 12.1 Å². The maximum atomic E-state index is 14.2. The average molecular weight is 399 g/mol. The van der Waals surface area contributed by atoms with Crippen LogP contribution >= 0.6 is 11.3 Å². The van der Waals surface area contributed by atoms with Crippen LogP contribution in [0.2, 0.25) is 0 Å². The van der Waals surface area contributed by atoms with Crippen LogP contribution in [0.1, 0.15) is 47.8 Å². The van der Waals surface area contributed by atoms with Crippen LogP contribution in [0, 0.1) is 5.82 Å². The van der Waals surface area contributed by atoms with E-state index >= 15 is 0 Å². The summed E-state index contributed by atoms with van der Waals surface area (Å²) in [6.45, 7) is 1.90. The minimum Gasteiger partial charge on any atom is -0.487 e. The second-order valence-corrected chi connectivity index (χ2v) is 8.37. The zero-order chi connectivity index (χ0) is 19.7. The molecule has 4 nitrogen and oxygen atoms in total. The molecule has 0 saturated heterocycles. The van der Waals surface area contributed by atoms with Gasteiger partial charge in [-0.3, -0.25) is 9.59 Å². The van der Waals surface area contributed by atoms with Crippen LogP contribution < -0.4 is 10.1 Å². The summed E-state index contributed by atoms with van der Waals surface area (Å²) >= 11 is 1.33. The Balaban J connectivity index is 1.49. The van der Waals surface area contributed by atoms with Crippen LogP contribution in [0.3, 0.4) is 0 Å². The number of carbonyl (C=O) groups excluding carboxylic acids is 2. The summed E-state index contributed by atoms with van der Waals surface area (Å²) in [4.78, 5) is 25.3. The third-order valence-electron chi connectivity index (χ3n) is 5.15. The van der Waals surface area contributed by atoms with Gasteiger partial charge in [0.05, 0.1) is 11.4 Å². The van der Waals surface area contributed by atoms with Gasteiger partial charge < -0.3 is 10.1 Å². The Hall–Kier alpha value is -2.47. The summed E-state index contributed by atoms with van der Waals surface area (Å²) in [5, 5.41) is 2.95. The maximum Gasteiger partial charge on any atom is 0.247 e. The maximum absolute atomic E-state index is 14.2. The van der Waals surface area contributed by atoms with Crippen molar-refractivity contribution < 1.29 is 18.7 Å². The van der Waals surface area contributed by atoms with Gasteiger partial charge in [0.2, 0.25) is 5.91 Å². The molecule has 1 aliphatic carbocycles. The van der Waals surface area contributed by atoms with Crippen molar-refractivity contribution in [3.63, 3.8) is 0 Å². The van der Waals surface area contributed by atoms with Gasteiger partial charge in [-0.05, 0) is 56.9 Å². The number of amides is 1. The van der Waals surface area contributed by atoms with Gasteiger partial charge in [-0.25, -0.2) is 4.39 Å². The lowest BCUT2D eigenvalue weighted by Gasteiger charge is -2.16. The normalized spacial score (nSPS) is 18.2. The second kappa shape index (κ2) is 7.87. The van der Waals surface area contributed by atoms with Crippen LogP contribution in [0.4, 0.5) is 4.39 Å². The van der Waals surface area contributed by atoms with E-state index in [1.165, 1.54) is 30.4 Å². The van der Waals surface area contributed by atoms with Gasteiger partial charge in [0.1, 0.15) is 17.7 Å². The average Bonchev–Trinajstić information content (AvgIpc) is 3.33. The lowest BCUT2D eigenvalue weighted by molar-refractivity contribution is -0.118. The van der Waals surface area contributed by atoms with E-state index in [9.17, 15) is 14.0 Å². The molecule has 1 aromatic carbocycles. The molecule has 0 bridgehead atoms. The molecule has 0 fully saturated rings. The molecule has 0 spiro atoms. The summed E-state index contributed by atoms with van der Waals surface area (Å²) < 4.78 is 20.2. The number of halogens is 1. The van der Waals surface area contributed by atoms with Crippen molar-refractivity contribution in [1.29, 1.82) is 0 Å². The van der Waals surface area contributed by atoms with Crippen molar-refractivity contribution in [3.05, 3.63) is 52.2 Å². The number of thiophene rings is 1. The number of hydrogen-bond donors (Lipinski definition) is 1. The van der Waals surface area contributed by atoms with Gasteiger partial charge >= 0.3 is 0 Å². The van der Waals surface area contributed by atoms with Crippen LogP contribution in [0.15, 0.2) is 35.9 Å². The lowest BCUT2D eigenvalue weighted by atomic mass is 9.99. The van der Waals surface area contributed by atoms with Crippen LogP contribution in [0.25, 0.3) is 10.4 Å². The molecular formula is C22H22FNO3S. The molecule has 2 aromatic rings. The number of hydrogen-bond acceptors (Lipinski definition) is 4. The van der Waals surface area contributed by atoms with Gasteiger partial charge in [-0.2, -0.15) is 0 Å². The molecule has 1 unspecified atom stereocenters. The molecule has 6 heteroatoms. The first-order valence-corrected chi connectivity index (χ1v) is 10.4. The van der Waals surface area contributed by atoms with Crippen molar-refractivity contribution in [1.82, 2.24) is 5.32 Å². The van der Waals surface area contributed by atoms with Crippen molar-refractivity contribution in [3.8, 4) is 16.2 Å². The molecule has 1 amide bonds. The standard InChI is InChI=1S/C22H22FNO3S/c1-13(25)19-7-8-20(28-19)18-11-16(23)9-15-10-17(27-21(15)18)12-24-22(26)14-5-3-2-4-6-14/h5,7-9,11,17H,2-4,6,10,12H2,1H3,(H,24,26). The number of fused-ring (bicyclic) bond motifs is 1. The van der Waals surface area contributed by atoms with Crippen LogP contribution in [-0.2, 0) is 11.2 Å². The Morgan fingerprint density at radius 2 is 2.14 bits per heavy atom. The highest BCUT2D eigenvalue weighted by molar-refractivity contribution is 7.17. The lowest BCUT2D eigenvalue weighted by Crippen LogP contribution is -2.35. The molecule has 2 heterocycles. The summed E-state index contributed by atoms with van der Waals surface area (Å²) in [5.41, 5.74) is 2.31. The van der Waals surface area contributed by atoms with E-state index in [1.54, 1.807) is 6.07 Å². The fourth-order valence-corrected chi connectivity index (χ4v) is 4.64. The number of allylic oxidation sites excluding steroid dienone is 1. The Morgan fingerprint density at radius 3 is 2.86 bits per heavy atom. The smallest absolute Gasteiger partial charge is 0.247 e. The molecule has 0 radical (unpaired) electrons. The topological polar surface area (TPSA) is 55.4 Å². The number of rotatable bonds is 5. The van der Waals surface area contributed by atoms with Gasteiger partial charge in [-0.1, -0.05) is 6.08 Å². The SMILES string of the molecule is CC(=O)c1ccc(-c2cc(F)cc3c2OC(CNC(=O)C2=CCCCC2)C3)s1. The van der Waals surface area contributed by atoms with Crippen molar-refractivity contribution in [2.75, 3.05) is 6.54 Å². The first kappa shape index (κ1) is 18.9. The van der Waals surface area contributed by atoms with Crippen molar-refractivity contribution in [2.45, 2.75) is 45.1 Å². The minimum absolute atomic E-state index is 0.0113. The molecule has 28 heavy (non-hydrogen) atoms. The zero-order valence-corrected chi connectivity index (χ0v) is 16.5. The molecule has 1 aromatic heterocycles. The van der Waals surface area contributed by atoms with E-state index in [4.69, 9.17) is 4.74 Å². The van der Waals surface area contributed by atoms with Gasteiger partial charge in [-0.15, -0.1) is 11.3 Å². The molecule has 2 aliphatic rings. The van der Waals surface area contributed by atoms with Crippen molar-refractivity contribution >= 4 is 23.0 Å². The number of nitrogens with one attached hydrogen (secondary N) is 1. The molecule has 146 valence electrons. The fourth-order valence-electron chi connectivity index (χ4n) is 3.73. The Labute approximate surface area is 167 Å². The summed E-state index contributed by atoms with van der Waals surface area (Å²) in [7, 11) is 0. The largest absolute Gasteiger partial charge is 0.487 e. The number of ether oxygens (including phenoxy) is 1. The first-order chi connectivity index (χ1) is 13.5. The monoisotopic (exact) mass is 399 g/mol. The quantitative estimate of drug-likeness (QED) is 0.743. The first-order valence-electron chi connectivity index (χ1n) is 9.58. The van der Waals surface area contributed by atoms with E-state index in [2.05, 4.69) is 5.32 Å². The Bertz CT molecular complexity index is 963. The number of Topliss-reactive ketones (excluding diaryl/α,β-unsaturated/α-hetero) is 1. The molecule has 1 aliphatic heterocycles. The predicted molar refractivity (Wildman–Crippen MR) is 107 cm³/mol. The van der Waals surface area contributed by atoms with E-state index in [-0.39, 0.29) is 23.6 Å².